The van der Waals surface area contributed by atoms with E-state index in [1.165, 1.54) is 30.0 Å². The fourth-order valence-electron chi connectivity index (χ4n) is 1.55. The third kappa shape index (κ3) is 3.77. The van der Waals surface area contributed by atoms with Crippen molar-refractivity contribution in [2.45, 2.75) is 17.9 Å². The monoisotopic (exact) mass is 294 g/mol. The van der Waals surface area contributed by atoms with Crippen molar-refractivity contribution in [1.82, 2.24) is 0 Å². The number of nitrogen functional groups attached to an aromatic ring is 1. The van der Waals surface area contributed by atoms with Crippen molar-refractivity contribution < 1.29 is 13.6 Å². The van der Waals surface area contributed by atoms with Gasteiger partial charge in [-0.1, -0.05) is 0 Å². The Bertz CT molecular complexity index is 587. The van der Waals surface area contributed by atoms with Crippen LogP contribution in [0.2, 0.25) is 0 Å². The molecule has 1 heterocycles. The van der Waals surface area contributed by atoms with Crippen molar-refractivity contribution in [2.24, 2.45) is 0 Å². The molecule has 6 heteroatoms. The molecule has 1 aromatic carbocycles. The summed E-state index contributed by atoms with van der Waals surface area (Å²) < 4.78 is 18.7. The molecular formula is C14H15FN2O2S. The number of anilines is 2. The second kappa shape index (κ2) is 6.47. The molecule has 1 amide bonds. The average Bonchev–Trinajstić information content (AvgIpc) is 2.93. The van der Waals surface area contributed by atoms with Crippen LogP contribution in [0.15, 0.2) is 41.0 Å². The number of thioether (sulfide) groups is 1. The van der Waals surface area contributed by atoms with Crippen molar-refractivity contribution in [2.75, 3.05) is 11.1 Å². The number of hydrogen-bond donors (Lipinski definition) is 2. The molecule has 0 aliphatic rings. The molecule has 0 spiro atoms. The van der Waals surface area contributed by atoms with Crippen LogP contribution in [0.1, 0.15) is 12.7 Å². The lowest BCUT2D eigenvalue weighted by Gasteiger charge is -2.12. The van der Waals surface area contributed by atoms with Crippen LogP contribution in [-0.4, -0.2) is 11.2 Å². The zero-order valence-corrected chi connectivity index (χ0v) is 11.7. The van der Waals surface area contributed by atoms with E-state index in [1.54, 1.807) is 19.3 Å². The molecule has 0 radical (unpaired) electrons. The lowest BCUT2D eigenvalue weighted by molar-refractivity contribution is -0.115. The van der Waals surface area contributed by atoms with Gasteiger partial charge in [0.2, 0.25) is 5.91 Å². The van der Waals surface area contributed by atoms with Gasteiger partial charge in [-0.25, -0.2) is 4.39 Å². The highest BCUT2D eigenvalue weighted by molar-refractivity contribution is 7.99. The molecule has 0 saturated heterocycles. The third-order valence-corrected chi connectivity index (χ3v) is 3.84. The van der Waals surface area contributed by atoms with Crippen LogP contribution >= 0.6 is 11.8 Å². The highest BCUT2D eigenvalue weighted by Gasteiger charge is 2.16. The number of nitrogens with one attached hydrogen (secondary N) is 1. The van der Waals surface area contributed by atoms with Gasteiger partial charge in [0, 0.05) is 5.69 Å². The Hall–Kier alpha value is -1.95. The summed E-state index contributed by atoms with van der Waals surface area (Å²) in [6, 6.07) is 7.71. The lowest BCUT2D eigenvalue weighted by atomic mass is 10.2. The van der Waals surface area contributed by atoms with Gasteiger partial charge in [-0.3, -0.25) is 4.79 Å². The molecule has 4 nitrogen and oxygen atoms in total. The second-order valence-corrected chi connectivity index (χ2v) is 5.59. The molecule has 0 fully saturated rings. The zero-order valence-electron chi connectivity index (χ0n) is 10.9. The topological polar surface area (TPSA) is 68.3 Å². The van der Waals surface area contributed by atoms with Crippen molar-refractivity contribution >= 4 is 29.0 Å². The van der Waals surface area contributed by atoms with Gasteiger partial charge >= 0.3 is 0 Å². The quantitative estimate of drug-likeness (QED) is 0.831. The number of nitrogens with two attached hydrogens (primary N) is 1. The van der Waals surface area contributed by atoms with Crippen molar-refractivity contribution in [1.29, 1.82) is 0 Å². The Balaban J connectivity index is 1.92. The fourth-order valence-corrected chi connectivity index (χ4v) is 2.34. The van der Waals surface area contributed by atoms with Crippen LogP contribution in [-0.2, 0) is 10.5 Å². The van der Waals surface area contributed by atoms with Gasteiger partial charge in [0.1, 0.15) is 11.6 Å². The molecule has 2 aromatic rings. The molecule has 1 unspecified atom stereocenters. The highest BCUT2D eigenvalue weighted by atomic mass is 32.2. The molecule has 3 N–H and O–H groups in total. The Morgan fingerprint density at radius 2 is 2.30 bits per heavy atom. The Labute approximate surface area is 120 Å². The molecule has 2 rings (SSSR count). The molecule has 0 saturated carbocycles. The number of halogens is 1. The SMILES string of the molecule is CC(SCc1ccco1)C(=O)Nc1cc(N)ccc1F. The third-order valence-electron chi connectivity index (χ3n) is 2.67. The normalized spacial score (nSPS) is 12.1. The van der Waals surface area contributed by atoms with Crippen LogP contribution < -0.4 is 11.1 Å². The molecule has 0 bridgehead atoms. The molecule has 0 aliphatic heterocycles. The zero-order chi connectivity index (χ0) is 14.5. The van der Waals surface area contributed by atoms with Gasteiger partial charge < -0.3 is 15.5 Å². The molecule has 1 atom stereocenters. The first-order valence-electron chi connectivity index (χ1n) is 6.06. The van der Waals surface area contributed by atoms with E-state index in [-0.39, 0.29) is 16.8 Å². The molecule has 20 heavy (non-hydrogen) atoms. The minimum atomic E-state index is -0.504. The first-order valence-corrected chi connectivity index (χ1v) is 7.11. The largest absolute Gasteiger partial charge is 0.468 e. The maximum Gasteiger partial charge on any atom is 0.237 e. The lowest BCUT2D eigenvalue weighted by Crippen LogP contribution is -2.23. The summed E-state index contributed by atoms with van der Waals surface area (Å²) in [6.45, 7) is 1.76. The fraction of sp³-hybridized carbons (Fsp3) is 0.214. The minimum Gasteiger partial charge on any atom is -0.468 e. The summed E-state index contributed by atoms with van der Waals surface area (Å²) in [5.74, 6) is 0.604. The van der Waals surface area contributed by atoms with Crippen LogP contribution in [0.25, 0.3) is 0 Å². The number of benzene rings is 1. The summed E-state index contributed by atoms with van der Waals surface area (Å²) in [6.07, 6.45) is 1.59. The highest BCUT2D eigenvalue weighted by Crippen LogP contribution is 2.22. The van der Waals surface area contributed by atoms with Crippen molar-refractivity contribution in [3.8, 4) is 0 Å². The van der Waals surface area contributed by atoms with E-state index >= 15 is 0 Å². The Morgan fingerprint density at radius 3 is 3.00 bits per heavy atom. The van der Waals surface area contributed by atoms with Crippen molar-refractivity contribution in [3.63, 3.8) is 0 Å². The van der Waals surface area contributed by atoms with Crippen molar-refractivity contribution in [3.05, 3.63) is 48.2 Å². The first-order chi connectivity index (χ1) is 9.56. The van der Waals surface area contributed by atoms with E-state index in [2.05, 4.69) is 5.32 Å². The van der Waals surface area contributed by atoms with Gasteiger partial charge in [-0.05, 0) is 37.3 Å². The molecule has 106 valence electrons. The first kappa shape index (κ1) is 14.5. The molecular weight excluding hydrogens is 279 g/mol. The number of rotatable bonds is 5. The van der Waals surface area contributed by atoms with E-state index in [4.69, 9.17) is 10.2 Å². The van der Waals surface area contributed by atoms with E-state index in [0.29, 0.717) is 11.4 Å². The number of furan rings is 1. The maximum absolute atomic E-state index is 13.5. The Kier molecular flexibility index (Phi) is 4.68. The van der Waals surface area contributed by atoms with Crippen LogP contribution in [0.3, 0.4) is 0 Å². The number of carbonyl (C=O) groups is 1. The van der Waals surface area contributed by atoms with Gasteiger partial charge in [0.25, 0.3) is 0 Å². The summed E-state index contributed by atoms with van der Waals surface area (Å²) >= 11 is 1.41. The number of amides is 1. The van der Waals surface area contributed by atoms with Gasteiger partial charge in [0.15, 0.2) is 0 Å². The maximum atomic E-state index is 13.5. The predicted molar refractivity (Wildman–Crippen MR) is 78.9 cm³/mol. The minimum absolute atomic E-state index is 0.0976. The number of hydrogen-bond acceptors (Lipinski definition) is 4. The smallest absolute Gasteiger partial charge is 0.237 e. The summed E-state index contributed by atoms with van der Waals surface area (Å²) in [4.78, 5) is 12.0. The van der Waals surface area contributed by atoms with E-state index in [9.17, 15) is 9.18 Å². The van der Waals surface area contributed by atoms with Gasteiger partial charge in [-0.2, -0.15) is 0 Å². The summed E-state index contributed by atoms with van der Waals surface area (Å²) in [5, 5.41) is 2.20. The van der Waals surface area contributed by atoms with E-state index in [1.807, 2.05) is 6.07 Å². The Morgan fingerprint density at radius 1 is 1.50 bits per heavy atom. The van der Waals surface area contributed by atoms with Gasteiger partial charge in [0.05, 0.1) is 23.0 Å². The van der Waals surface area contributed by atoms with E-state index in [0.717, 1.165) is 5.76 Å². The van der Waals surface area contributed by atoms with Crippen LogP contribution in [0.4, 0.5) is 15.8 Å². The van der Waals surface area contributed by atoms with E-state index < -0.39 is 5.82 Å². The average molecular weight is 294 g/mol. The number of carbonyl (C=O) groups excluding carboxylic acids is 1. The standard InChI is InChI=1S/C14H15FN2O2S/c1-9(20-8-11-3-2-6-19-11)14(18)17-13-7-10(16)4-5-12(13)15/h2-7,9H,8,16H2,1H3,(H,17,18). The molecule has 0 aliphatic carbocycles. The van der Waals surface area contributed by atoms with Crippen LogP contribution in [0, 0.1) is 5.82 Å². The van der Waals surface area contributed by atoms with Crippen LogP contribution in [0.5, 0.6) is 0 Å². The predicted octanol–water partition coefficient (Wildman–Crippen LogP) is 3.26. The van der Waals surface area contributed by atoms with Gasteiger partial charge in [-0.15, -0.1) is 11.8 Å². The second-order valence-electron chi connectivity index (χ2n) is 4.26. The summed E-state index contributed by atoms with van der Waals surface area (Å²) in [7, 11) is 0. The summed E-state index contributed by atoms with van der Waals surface area (Å²) in [5.41, 5.74) is 6.06. The molecule has 1 aromatic heterocycles.